The molecule has 0 radical (unpaired) electrons. The molecule has 3 aromatic carbocycles. The molecule has 336 valence electrons. The van der Waals surface area contributed by atoms with Gasteiger partial charge >= 0.3 is 6.18 Å². The van der Waals surface area contributed by atoms with Crippen molar-refractivity contribution in [1.82, 2.24) is 30.2 Å². The smallest absolute Gasteiger partial charge is 0.369 e. The van der Waals surface area contributed by atoms with E-state index in [1.807, 2.05) is 19.9 Å². The molecule has 4 aliphatic rings. The summed E-state index contributed by atoms with van der Waals surface area (Å²) in [6.45, 7) is 13.3. The van der Waals surface area contributed by atoms with Crippen LogP contribution in [0.5, 0.6) is 0 Å². The number of hydrogen-bond donors (Lipinski definition) is 2. The maximum Gasteiger partial charge on any atom is 0.416 e. The lowest BCUT2D eigenvalue weighted by molar-refractivity contribution is -0.138. The number of anilines is 2. The number of hydrogen-bond acceptors (Lipinski definition) is 9. The van der Waals surface area contributed by atoms with E-state index in [1.165, 1.54) is 49.6 Å². The minimum atomic E-state index is -4.42. The van der Waals surface area contributed by atoms with Gasteiger partial charge in [-0.2, -0.15) is 18.3 Å². The fourth-order valence-electron chi connectivity index (χ4n) is 10.1. The van der Waals surface area contributed by atoms with Crippen molar-refractivity contribution in [2.75, 3.05) is 62.6 Å². The molecule has 3 amide bonds. The highest BCUT2D eigenvalue weighted by Crippen LogP contribution is 2.38. The Labute approximate surface area is 366 Å². The normalized spacial score (nSPS) is 19.8. The highest BCUT2D eigenvalue weighted by Gasteiger charge is 2.40. The van der Waals surface area contributed by atoms with Crippen molar-refractivity contribution in [2.24, 2.45) is 0 Å². The van der Waals surface area contributed by atoms with Gasteiger partial charge < -0.3 is 20.0 Å². The summed E-state index contributed by atoms with van der Waals surface area (Å²) in [5.74, 6) is -0.847. The molecule has 5 heterocycles. The van der Waals surface area contributed by atoms with Crippen LogP contribution in [0, 0.1) is 19.7 Å². The van der Waals surface area contributed by atoms with Crippen molar-refractivity contribution in [2.45, 2.75) is 109 Å². The highest BCUT2D eigenvalue weighted by molar-refractivity contribution is 6.05. The Bertz CT molecular complexity index is 2340. The molecular weight excluding hydrogens is 813 g/mol. The van der Waals surface area contributed by atoms with Crippen molar-refractivity contribution in [3.63, 3.8) is 0 Å². The van der Waals surface area contributed by atoms with Crippen molar-refractivity contribution in [1.29, 1.82) is 0 Å². The number of carbonyl (C=O) groups is 3. The summed E-state index contributed by atoms with van der Waals surface area (Å²) in [6, 6.07) is 12.7. The van der Waals surface area contributed by atoms with Crippen LogP contribution in [-0.4, -0.2) is 101 Å². The Balaban J connectivity index is 0.737. The van der Waals surface area contributed by atoms with Gasteiger partial charge in [-0.15, -0.1) is 5.10 Å². The minimum absolute atomic E-state index is 0.0948. The number of aryl methyl sites for hydroxylation is 1. The third kappa shape index (κ3) is 9.84. The Morgan fingerprint density at radius 1 is 0.825 bits per heavy atom. The predicted octanol–water partition coefficient (Wildman–Crippen LogP) is 8.29. The van der Waals surface area contributed by atoms with Crippen molar-refractivity contribution in [3.05, 3.63) is 93.4 Å². The molecule has 3 saturated heterocycles. The molecular formula is C48H58F4N8O3. The molecule has 3 fully saturated rings. The molecule has 15 heteroatoms. The number of fused-ring (bicyclic) bond motifs is 2. The largest absolute Gasteiger partial charge is 0.416 e. The number of benzene rings is 3. The molecule has 11 nitrogen and oxygen atoms in total. The van der Waals surface area contributed by atoms with E-state index in [2.05, 4.69) is 53.7 Å². The molecule has 8 rings (SSSR count). The maximum atomic E-state index is 15.4. The van der Waals surface area contributed by atoms with Crippen LogP contribution in [0.2, 0.25) is 0 Å². The highest BCUT2D eigenvalue weighted by atomic mass is 19.4. The standard InChI is InChI=1S/C48H58F4N8O3/c1-30-36(10-9-11-41(30)48(50,51)52)31(2)53-45-40-27-35(12-13-37(40)32(3)55-56-45)59-24-22-58(23-25-59)19-8-6-4-5-7-18-57-20-16-33(17-21-57)38-26-34-29-60(47(63)39(34)28-42(38)49)43-14-15-44(61)54-46(43)62/h9-13,26-28,31,33,43H,4-8,14-25,29H2,1-3H3,(H,53,56)(H,54,61,62)/t31-,43?/m1/s1. The second kappa shape index (κ2) is 18.9. The SMILES string of the molecule is Cc1c([C@@H](C)Nc2nnc(C)c3ccc(N4CCN(CCCCCCCN5CCC(c6cc7c(cc6F)C(=O)N(C6CCC(=O)NC6=O)C7)CC5)CC4)cc23)cccc1C(F)(F)F. The van der Waals surface area contributed by atoms with E-state index >= 15 is 4.39 Å². The van der Waals surface area contributed by atoms with Gasteiger partial charge in [0.05, 0.1) is 17.3 Å². The summed E-state index contributed by atoms with van der Waals surface area (Å²) >= 11 is 0. The molecule has 4 aromatic rings. The van der Waals surface area contributed by atoms with Crippen LogP contribution in [0.25, 0.3) is 10.8 Å². The third-order valence-corrected chi connectivity index (χ3v) is 13.8. The van der Waals surface area contributed by atoms with E-state index in [1.54, 1.807) is 6.07 Å². The van der Waals surface area contributed by atoms with Crippen LogP contribution in [0.4, 0.5) is 29.1 Å². The van der Waals surface area contributed by atoms with E-state index in [4.69, 9.17) is 0 Å². The Kier molecular flexibility index (Phi) is 13.3. The van der Waals surface area contributed by atoms with Gasteiger partial charge in [0.2, 0.25) is 11.8 Å². The molecule has 1 unspecified atom stereocenters. The number of halogens is 4. The van der Waals surface area contributed by atoms with Crippen LogP contribution < -0.4 is 15.5 Å². The Hall–Kier alpha value is -5.15. The Morgan fingerprint density at radius 3 is 2.22 bits per heavy atom. The van der Waals surface area contributed by atoms with Gasteiger partial charge in [-0.1, -0.05) is 43.5 Å². The molecule has 2 N–H and O–H groups in total. The number of likely N-dealkylation sites (tertiary alicyclic amines) is 1. The number of imide groups is 1. The van der Waals surface area contributed by atoms with E-state index in [0.29, 0.717) is 22.5 Å². The molecule has 1 aromatic heterocycles. The fourth-order valence-corrected chi connectivity index (χ4v) is 10.1. The van der Waals surface area contributed by atoms with Gasteiger partial charge in [0.15, 0.2) is 5.82 Å². The number of alkyl halides is 3. The van der Waals surface area contributed by atoms with E-state index in [-0.39, 0.29) is 48.5 Å². The van der Waals surface area contributed by atoms with Gasteiger partial charge in [-0.25, -0.2) is 4.39 Å². The van der Waals surface area contributed by atoms with Crippen LogP contribution in [0.1, 0.15) is 121 Å². The molecule has 0 aliphatic carbocycles. The Morgan fingerprint density at radius 2 is 1.52 bits per heavy atom. The topological polar surface area (TPSA) is 114 Å². The first-order chi connectivity index (χ1) is 30.2. The van der Waals surface area contributed by atoms with Crippen molar-refractivity contribution in [3.8, 4) is 0 Å². The van der Waals surface area contributed by atoms with E-state index in [0.717, 1.165) is 105 Å². The number of nitrogens with one attached hydrogen (secondary N) is 2. The van der Waals surface area contributed by atoms with E-state index < -0.39 is 29.7 Å². The monoisotopic (exact) mass is 870 g/mol. The average Bonchev–Trinajstić information content (AvgIpc) is 3.57. The second-order valence-electron chi connectivity index (χ2n) is 17.9. The molecule has 0 spiro atoms. The summed E-state index contributed by atoms with van der Waals surface area (Å²) < 4.78 is 56.3. The number of carbonyl (C=O) groups excluding carboxylic acids is 3. The van der Waals surface area contributed by atoms with Crippen molar-refractivity contribution >= 4 is 40.0 Å². The quantitative estimate of drug-likeness (QED) is 0.0735. The van der Waals surface area contributed by atoms with Gasteiger partial charge in [0, 0.05) is 61.2 Å². The lowest BCUT2D eigenvalue weighted by atomic mass is 9.87. The number of piperidine rings is 2. The molecule has 2 atom stereocenters. The lowest BCUT2D eigenvalue weighted by Gasteiger charge is -2.36. The molecule has 0 bridgehead atoms. The number of aromatic nitrogens is 2. The summed E-state index contributed by atoms with van der Waals surface area (Å²) in [7, 11) is 0. The number of rotatable bonds is 14. The summed E-state index contributed by atoms with van der Waals surface area (Å²) in [4.78, 5) is 46.0. The van der Waals surface area contributed by atoms with Gasteiger partial charge in [-0.3, -0.25) is 24.6 Å². The first-order valence-corrected chi connectivity index (χ1v) is 22.6. The minimum Gasteiger partial charge on any atom is -0.369 e. The number of nitrogens with zero attached hydrogens (tertiary/aromatic N) is 6. The number of piperazine rings is 1. The zero-order valence-electron chi connectivity index (χ0n) is 36.5. The predicted molar refractivity (Wildman–Crippen MR) is 235 cm³/mol. The summed E-state index contributed by atoms with van der Waals surface area (Å²) in [6.07, 6.45) is 3.68. The molecule has 0 saturated carbocycles. The fraction of sp³-hybridized carbons (Fsp3) is 0.521. The van der Waals surface area contributed by atoms with Crippen LogP contribution in [-0.2, 0) is 22.3 Å². The average molecular weight is 871 g/mol. The van der Waals surface area contributed by atoms with Gasteiger partial charge in [0.1, 0.15) is 11.9 Å². The third-order valence-electron chi connectivity index (χ3n) is 13.8. The van der Waals surface area contributed by atoms with E-state index in [9.17, 15) is 27.6 Å². The summed E-state index contributed by atoms with van der Waals surface area (Å²) in [5, 5.41) is 16.3. The molecule has 4 aliphatic heterocycles. The zero-order valence-corrected chi connectivity index (χ0v) is 36.5. The van der Waals surface area contributed by atoms with Crippen LogP contribution >= 0.6 is 0 Å². The lowest BCUT2D eigenvalue weighted by Crippen LogP contribution is -2.52. The maximum absolute atomic E-state index is 15.4. The first-order valence-electron chi connectivity index (χ1n) is 22.6. The van der Waals surface area contributed by atoms with Crippen molar-refractivity contribution < 1.29 is 31.9 Å². The number of amides is 3. The van der Waals surface area contributed by atoms with Gasteiger partial charge in [0.25, 0.3) is 5.91 Å². The number of unbranched alkanes of at least 4 members (excludes halogenated alkanes) is 4. The first kappa shape index (κ1) is 44.5. The zero-order chi connectivity index (χ0) is 44.4. The van der Waals surface area contributed by atoms with Gasteiger partial charge in [-0.05, 0) is 131 Å². The molecule has 63 heavy (non-hydrogen) atoms. The van der Waals surface area contributed by atoms with Crippen LogP contribution in [0.3, 0.4) is 0 Å². The van der Waals surface area contributed by atoms with Crippen LogP contribution in [0.15, 0.2) is 48.5 Å². The summed E-state index contributed by atoms with van der Waals surface area (Å²) in [5.41, 5.74) is 3.77. The second-order valence-corrected chi connectivity index (χ2v) is 17.9.